The summed E-state index contributed by atoms with van der Waals surface area (Å²) in [5, 5.41) is 13.2. The van der Waals surface area contributed by atoms with Crippen molar-refractivity contribution in [2.24, 2.45) is 0 Å². The summed E-state index contributed by atoms with van der Waals surface area (Å²) in [5.74, 6) is -2.49. The lowest BCUT2D eigenvalue weighted by molar-refractivity contribution is -0.384. The molecule has 0 saturated carbocycles. The molecular weight excluding hydrogens is 430 g/mol. The number of rotatable bonds is 3. The number of carbonyl (C=O) groups excluding carboxylic acids is 1. The van der Waals surface area contributed by atoms with E-state index >= 15 is 0 Å². The Morgan fingerprint density at radius 1 is 1.12 bits per heavy atom. The lowest BCUT2D eigenvalue weighted by Crippen LogP contribution is -2.63. The fourth-order valence-corrected chi connectivity index (χ4v) is 2.76. The van der Waals surface area contributed by atoms with Gasteiger partial charge in [-0.1, -0.05) is 58.5 Å². The van der Waals surface area contributed by atoms with Crippen molar-refractivity contribution in [3.05, 3.63) is 63.2 Å². The van der Waals surface area contributed by atoms with Gasteiger partial charge >= 0.3 is 5.91 Å². The Bertz CT molecular complexity index is 875. The number of fused-ring (bicyclic) bond motifs is 1. The highest BCUT2D eigenvalue weighted by molar-refractivity contribution is 6.68. The monoisotopic (exact) mass is 436 g/mol. The fraction of sp³-hybridized carbons (Fsp3) is 0.133. The van der Waals surface area contributed by atoms with Crippen LogP contribution in [-0.2, 0) is 0 Å². The van der Waals surface area contributed by atoms with E-state index in [1.54, 1.807) is 24.3 Å². The SMILES string of the molecule is O=C(NC1(C(Cl)(Cl)Cl)Oc2ccccc2O1)c1ccc(Cl)c([N+](=O)[O-])c1. The summed E-state index contributed by atoms with van der Waals surface area (Å²) in [6.07, 6.45) is 0. The third-order valence-electron chi connectivity index (χ3n) is 3.41. The first-order valence-corrected chi connectivity index (χ1v) is 8.44. The zero-order valence-electron chi connectivity index (χ0n) is 12.5. The molecule has 0 radical (unpaired) electrons. The van der Waals surface area contributed by atoms with Crippen LogP contribution in [0.2, 0.25) is 5.02 Å². The maximum absolute atomic E-state index is 12.6. The number of carbonyl (C=O) groups is 1. The van der Waals surface area contributed by atoms with Crippen molar-refractivity contribution in [1.29, 1.82) is 0 Å². The van der Waals surface area contributed by atoms with Gasteiger partial charge in [0.05, 0.1) is 4.92 Å². The number of nitrogens with zero attached hydrogens (tertiary/aromatic N) is 1. The highest BCUT2D eigenvalue weighted by atomic mass is 35.6. The van der Waals surface area contributed by atoms with Crippen LogP contribution in [0.5, 0.6) is 11.5 Å². The van der Waals surface area contributed by atoms with Gasteiger partial charge in [-0.05, 0) is 24.3 Å². The summed E-state index contributed by atoms with van der Waals surface area (Å²) >= 11 is 23.6. The first-order valence-electron chi connectivity index (χ1n) is 6.93. The first-order chi connectivity index (χ1) is 12.1. The fourth-order valence-electron chi connectivity index (χ4n) is 2.20. The molecule has 0 spiro atoms. The molecule has 1 heterocycles. The van der Waals surface area contributed by atoms with Crippen LogP contribution >= 0.6 is 46.4 Å². The second kappa shape index (κ2) is 6.66. The van der Waals surface area contributed by atoms with Crippen molar-refractivity contribution in [1.82, 2.24) is 5.32 Å². The van der Waals surface area contributed by atoms with Crippen LogP contribution in [0.1, 0.15) is 10.4 Å². The number of benzene rings is 2. The first kappa shape index (κ1) is 18.8. The van der Waals surface area contributed by atoms with Gasteiger partial charge in [0.2, 0.25) is 0 Å². The normalized spacial score (nSPS) is 14.8. The largest absolute Gasteiger partial charge is 0.428 e. The van der Waals surface area contributed by atoms with Gasteiger partial charge in [0.1, 0.15) is 5.02 Å². The summed E-state index contributed by atoms with van der Waals surface area (Å²) in [6, 6.07) is 9.94. The summed E-state index contributed by atoms with van der Waals surface area (Å²) < 4.78 is 8.86. The summed E-state index contributed by atoms with van der Waals surface area (Å²) in [6.45, 7) is 0. The Morgan fingerprint density at radius 2 is 1.69 bits per heavy atom. The van der Waals surface area contributed by atoms with E-state index in [1.165, 1.54) is 12.1 Å². The van der Waals surface area contributed by atoms with Crippen molar-refractivity contribution in [2.45, 2.75) is 9.70 Å². The quantitative estimate of drug-likeness (QED) is 0.434. The highest BCUT2D eigenvalue weighted by Gasteiger charge is 2.59. The molecule has 1 aliphatic heterocycles. The predicted octanol–water partition coefficient (Wildman–Crippen LogP) is 4.47. The third-order valence-corrected chi connectivity index (χ3v) is 4.48. The number of ether oxygens (including phenoxy) is 2. The van der Waals surface area contributed by atoms with Gasteiger partial charge in [-0.15, -0.1) is 0 Å². The molecule has 0 bridgehead atoms. The minimum Gasteiger partial charge on any atom is -0.428 e. The van der Waals surface area contributed by atoms with E-state index in [0.29, 0.717) is 0 Å². The molecule has 0 fully saturated rings. The van der Waals surface area contributed by atoms with E-state index in [-0.39, 0.29) is 22.1 Å². The molecule has 1 aliphatic rings. The molecule has 7 nitrogen and oxygen atoms in total. The van der Waals surface area contributed by atoms with Crippen molar-refractivity contribution >= 4 is 58.0 Å². The maximum atomic E-state index is 12.6. The predicted molar refractivity (Wildman–Crippen MR) is 96.3 cm³/mol. The number of nitrogens with one attached hydrogen (secondary N) is 1. The van der Waals surface area contributed by atoms with Gasteiger partial charge in [-0.3, -0.25) is 20.2 Å². The van der Waals surface area contributed by atoms with Crippen molar-refractivity contribution < 1.29 is 19.2 Å². The molecule has 2 aromatic rings. The molecule has 1 amide bonds. The average molecular weight is 438 g/mol. The lowest BCUT2D eigenvalue weighted by atomic mass is 10.2. The second-order valence-electron chi connectivity index (χ2n) is 5.14. The van der Waals surface area contributed by atoms with Gasteiger partial charge in [-0.2, -0.15) is 0 Å². The number of halogens is 4. The topological polar surface area (TPSA) is 90.7 Å². The number of nitro groups is 1. The smallest absolute Gasteiger partial charge is 0.388 e. The van der Waals surface area contributed by atoms with Crippen LogP contribution in [0.3, 0.4) is 0 Å². The van der Waals surface area contributed by atoms with Crippen LogP contribution in [-0.4, -0.2) is 20.5 Å². The van der Waals surface area contributed by atoms with E-state index in [2.05, 4.69) is 5.32 Å². The van der Waals surface area contributed by atoms with Gasteiger partial charge in [-0.25, -0.2) is 0 Å². The van der Waals surface area contributed by atoms with E-state index in [1.807, 2.05) is 0 Å². The number of hydrogen-bond donors (Lipinski definition) is 1. The maximum Gasteiger partial charge on any atom is 0.388 e. The molecule has 26 heavy (non-hydrogen) atoms. The summed E-state index contributed by atoms with van der Waals surface area (Å²) in [5.41, 5.74) is -0.545. The Hall–Kier alpha value is -1.93. The van der Waals surface area contributed by atoms with Gasteiger partial charge in [0.25, 0.3) is 15.4 Å². The standard InChI is InChI=1S/C15H8Cl4N2O5/c16-9-6-5-8(7-10(9)21(23)24)13(22)20-15(14(17,18)19)25-11-3-1-2-4-12(11)26-15/h1-7H,(H,20,22). The number of hydrogen-bond acceptors (Lipinski definition) is 5. The van der Waals surface area contributed by atoms with Crippen LogP contribution in [0.25, 0.3) is 0 Å². The molecular formula is C15H8Cl4N2O5. The molecule has 2 aromatic carbocycles. The van der Waals surface area contributed by atoms with E-state index in [4.69, 9.17) is 55.9 Å². The average Bonchev–Trinajstić information content (AvgIpc) is 2.94. The van der Waals surface area contributed by atoms with E-state index < -0.39 is 26.2 Å². The number of para-hydroxylation sites is 2. The van der Waals surface area contributed by atoms with Crippen LogP contribution in [0.15, 0.2) is 42.5 Å². The Labute approximate surface area is 166 Å². The molecule has 0 saturated heterocycles. The van der Waals surface area contributed by atoms with Crippen molar-refractivity contribution in [3.8, 4) is 11.5 Å². The molecule has 136 valence electrons. The van der Waals surface area contributed by atoms with Gasteiger partial charge < -0.3 is 9.47 Å². The lowest BCUT2D eigenvalue weighted by Gasteiger charge is -2.33. The van der Waals surface area contributed by atoms with Crippen LogP contribution in [0, 0.1) is 10.1 Å². The van der Waals surface area contributed by atoms with Crippen molar-refractivity contribution in [3.63, 3.8) is 0 Å². The van der Waals surface area contributed by atoms with Gasteiger partial charge in [0.15, 0.2) is 11.5 Å². The second-order valence-corrected chi connectivity index (χ2v) is 7.83. The third kappa shape index (κ3) is 3.35. The molecule has 11 heteroatoms. The Kier molecular flexibility index (Phi) is 4.83. The zero-order chi connectivity index (χ0) is 19.1. The molecule has 0 aliphatic carbocycles. The van der Waals surface area contributed by atoms with E-state index in [9.17, 15) is 14.9 Å². The zero-order valence-corrected chi connectivity index (χ0v) is 15.6. The summed E-state index contributed by atoms with van der Waals surface area (Å²) in [4.78, 5) is 22.8. The number of alkyl halides is 3. The highest BCUT2D eigenvalue weighted by Crippen LogP contribution is 2.48. The van der Waals surface area contributed by atoms with E-state index in [0.717, 1.165) is 6.07 Å². The minimum atomic E-state index is -2.22. The molecule has 3 rings (SSSR count). The molecule has 0 aromatic heterocycles. The van der Waals surface area contributed by atoms with Crippen molar-refractivity contribution in [2.75, 3.05) is 0 Å². The minimum absolute atomic E-state index is 0.0992. The number of amides is 1. The van der Waals surface area contributed by atoms with Gasteiger partial charge in [0, 0.05) is 11.6 Å². The molecule has 1 N–H and O–H groups in total. The van der Waals surface area contributed by atoms with Crippen LogP contribution in [0.4, 0.5) is 5.69 Å². The Balaban J connectivity index is 1.94. The molecule has 0 atom stereocenters. The summed E-state index contributed by atoms with van der Waals surface area (Å²) in [7, 11) is 0. The Morgan fingerprint density at radius 3 is 2.19 bits per heavy atom. The number of nitro benzene ring substituents is 1. The molecule has 0 unspecified atom stereocenters. The van der Waals surface area contributed by atoms with Crippen LogP contribution < -0.4 is 14.8 Å².